The maximum Gasteiger partial charge on any atom is 0.204 e. The van der Waals surface area contributed by atoms with E-state index in [0.717, 1.165) is 36.1 Å². The first-order valence-corrected chi connectivity index (χ1v) is 8.20. The minimum Gasteiger partial charge on any atom is -0.372 e. The fourth-order valence-electron chi connectivity index (χ4n) is 2.18. The molecule has 24 heavy (non-hydrogen) atoms. The third-order valence-corrected chi connectivity index (χ3v) is 3.24. The van der Waals surface area contributed by atoms with Gasteiger partial charge in [-0.1, -0.05) is 32.0 Å². The highest BCUT2D eigenvalue weighted by Crippen LogP contribution is 2.26. The van der Waals surface area contributed by atoms with E-state index < -0.39 is 0 Å². The molecule has 0 radical (unpaired) electrons. The van der Waals surface area contributed by atoms with Gasteiger partial charge in [0.2, 0.25) is 6.41 Å². The Hall–Kier alpha value is -2.27. The minimum absolute atomic E-state index is 0.152. The molecule has 1 heterocycles. The van der Waals surface area contributed by atoms with Gasteiger partial charge < -0.3 is 11.5 Å². The molecule has 5 heteroatoms. The van der Waals surface area contributed by atoms with Crippen LogP contribution >= 0.6 is 0 Å². The van der Waals surface area contributed by atoms with E-state index in [-0.39, 0.29) is 12.2 Å². The van der Waals surface area contributed by atoms with Crippen molar-refractivity contribution in [1.82, 2.24) is 4.98 Å². The van der Waals surface area contributed by atoms with Crippen LogP contribution in [-0.2, 0) is 11.2 Å². The van der Waals surface area contributed by atoms with Crippen molar-refractivity contribution < 1.29 is 9.18 Å². The lowest BCUT2D eigenvalue weighted by atomic mass is 10.00. The van der Waals surface area contributed by atoms with Gasteiger partial charge in [-0.15, -0.1) is 0 Å². The van der Waals surface area contributed by atoms with Gasteiger partial charge in [0.25, 0.3) is 0 Å². The molecular weight excluding hydrogens is 305 g/mol. The Kier molecular flexibility index (Phi) is 11.9. The number of benzene rings is 1. The lowest BCUT2D eigenvalue weighted by Gasteiger charge is -2.09. The van der Waals surface area contributed by atoms with E-state index in [2.05, 4.69) is 10.7 Å². The molecule has 0 fully saturated rings. The van der Waals surface area contributed by atoms with E-state index in [1.54, 1.807) is 12.3 Å². The highest BCUT2D eigenvalue weighted by molar-refractivity contribution is 5.64. The maximum absolute atomic E-state index is 14.5. The van der Waals surface area contributed by atoms with E-state index in [4.69, 9.17) is 10.5 Å². The number of unbranched alkanes of at least 4 members (excludes halogenated alkanes) is 1. The monoisotopic (exact) mass is 333 g/mol. The molecule has 4 N–H and O–H groups in total. The molecule has 1 amide bonds. The highest BCUT2D eigenvalue weighted by atomic mass is 19.1. The molecule has 4 nitrogen and oxygen atoms in total. The van der Waals surface area contributed by atoms with Crippen molar-refractivity contribution in [3.63, 3.8) is 0 Å². The van der Waals surface area contributed by atoms with Crippen molar-refractivity contribution in [3.8, 4) is 11.3 Å². The Morgan fingerprint density at radius 1 is 1.17 bits per heavy atom. The molecule has 2 rings (SSSR count). The van der Waals surface area contributed by atoms with E-state index in [1.165, 1.54) is 0 Å². The zero-order valence-corrected chi connectivity index (χ0v) is 14.8. The SMILES string of the molecule is CC.Cc1cccnc1-c1cccc(CCCCN)c1F.NC=O. The number of nitrogens with two attached hydrogens (primary N) is 2. The second-order valence-corrected chi connectivity index (χ2v) is 4.83. The largest absolute Gasteiger partial charge is 0.372 e. The topological polar surface area (TPSA) is 82.0 Å². The van der Waals surface area contributed by atoms with Crippen molar-refractivity contribution in [1.29, 1.82) is 0 Å². The quantitative estimate of drug-likeness (QED) is 0.648. The van der Waals surface area contributed by atoms with Crippen LogP contribution in [0.1, 0.15) is 37.8 Å². The molecule has 0 unspecified atom stereocenters. The Bertz CT molecular complexity index is 603. The standard InChI is InChI=1S/C16H19FN2.C2H6.CH3NO/c1-12-6-5-11-19-16(12)14-9-4-8-13(15(14)17)7-2-3-10-18;1-2;2-1-3/h4-6,8-9,11H,2-3,7,10,18H2,1H3;1-2H3;1H,(H2,2,3). The molecule has 0 spiro atoms. The fraction of sp³-hybridized carbons (Fsp3) is 0.368. The number of aryl methyl sites for hydroxylation is 2. The lowest BCUT2D eigenvalue weighted by Crippen LogP contribution is -2.01. The minimum atomic E-state index is -0.152. The fourth-order valence-corrected chi connectivity index (χ4v) is 2.18. The first kappa shape index (κ1) is 21.7. The molecule has 0 aliphatic carbocycles. The lowest BCUT2D eigenvalue weighted by molar-refractivity contribution is -0.106. The van der Waals surface area contributed by atoms with Crippen molar-refractivity contribution in [2.75, 3.05) is 6.54 Å². The number of aromatic nitrogens is 1. The summed E-state index contributed by atoms with van der Waals surface area (Å²) in [4.78, 5) is 12.9. The van der Waals surface area contributed by atoms with E-state index >= 15 is 0 Å². The second kappa shape index (κ2) is 13.2. The first-order valence-electron chi connectivity index (χ1n) is 8.20. The van der Waals surface area contributed by atoms with Gasteiger partial charge in [-0.3, -0.25) is 9.78 Å². The number of carbonyl (C=O) groups is 1. The molecule has 0 aliphatic heterocycles. The van der Waals surface area contributed by atoms with Crippen molar-refractivity contribution in [2.45, 2.75) is 40.0 Å². The number of primary amides is 1. The van der Waals surface area contributed by atoms with Crippen LogP contribution in [0.3, 0.4) is 0 Å². The molecule has 1 aromatic carbocycles. The maximum atomic E-state index is 14.5. The van der Waals surface area contributed by atoms with Crippen LogP contribution in [0.2, 0.25) is 0 Å². The average Bonchev–Trinajstić information content (AvgIpc) is 2.60. The van der Waals surface area contributed by atoms with E-state index in [1.807, 2.05) is 45.0 Å². The number of rotatable bonds is 5. The van der Waals surface area contributed by atoms with E-state index in [0.29, 0.717) is 12.1 Å². The number of halogens is 1. The summed E-state index contributed by atoms with van der Waals surface area (Å²) < 4.78 is 14.5. The molecule has 132 valence electrons. The van der Waals surface area contributed by atoms with Gasteiger partial charge in [-0.2, -0.15) is 0 Å². The van der Waals surface area contributed by atoms with Crippen LogP contribution < -0.4 is 11.5 Å². The molecule has 0 saturated heterocycles. The van der Waals surface area contributed by atoms with Crippen molar-refractivity contribution in [2.24, 2.45) is 11.5 Å². The smallest absolute Gasteiger partial charge is 0.204 e. The predicted octanol–water partition coefficient (Wildman–Crippen LogP) is 3.61. The third-order valence-electron chi connectivity index (χ3n) is 3.24. The van der Waals surface area contributed by atoms with Crippen LogP contribution in [0, 0.1) is 12.7 Å². The number of hydrogen-bond acceptors (Lipinski definition) is 3. The van der Waals surface area contributed by atoms with Gasteiger partial charge in [0.15, 0.2) is 0 Å². The normalized spacial score (nSPS) is 9.21. The molecule has 0 aliphatic rings. The van der Waals surface area contributed by atoms with Crippen molar-refractivity contribution >= 4 is 6.41 Å². The van der Waals surface area contributed by atoms with Crippen LogP contribution in [0.15, 0.2) is 36.5 Å². The molecule has 2 aromatic rings. The van der Waals surface area contributed by atoms with Crippen LogP contribution in [0.25, 0.3) is 11.3 Å². The zero-order chi connectivity index (χ0) is 18.4. The van der Waals surface area contributed by atoms with Crippen LogP contribution in [0.4, 0.5) is 4.39 Å². The van der Waals surface area contributed by atoms with E-state index in [9.17, 15) is 4.39 Å². The summed E-state index contributed by atoms with van der Waals surface area (Å²) in [6, 6.07) is 9.33. The molecule has 0 atom stereocenters. The number of hydrogen-bond donors (Lipinski definition) is 2. The number of pyridine rings is 1. The van der Waals surface area contributed by atoms with Gasteiger partial charge in [-0.05, 0) is 56.0 Å². The van der Waals surface area contributed by atoms with Crippen molar-refractivity contribution in [3.05, 3.63) is 53.5 Å². The predicted molar refractivity (Wildman–Crippen MR) is 98.0 cm³/mol. The van der Waals surface area contributed by atoms with Crippen LogP contribution in [0.5, 0.6) is 0 Å². The molecule has 0 bridgehead atoms. The highest BCUT2D eigenvalue weighted by Gasteiger charge is 2.12. The zero-order valence-electron chi connectivity index (χ0n) is 14.8. The Morgan fingerprint density at radius 2 is 1.83 bits per heavy atom. The van der Waals surface area contributed by atoms with Gasteiger partial charge in [0, 0.05) is 11.8 Å². The van der Waals surface area contributed by atoms with Gasteiger partial charge >= 0.3 is 0 Å². The van der Waals surface area contributed by atoms with Crippen LogP contribution in [-0.4, -0.2) is 17.9 Å². The Morgan fingerprint density at radius 3 is 2.42 bits per heavy atom. The number of amides is 1. The number of nitrogens with zero attached hydrogens (tertiary/aromatic N) is 1. The molecule has 1 aromatic heterocycles. The first-order chi connectivity index (χ1) is 11.7. The van der Waals surface area contributed by atoms with Gasteiger partial charge in [0.1, 0.15) is 5.82 Å². The molecule has 0 saturated carbocycles. The number of carbonyl (C=O) groups excluding carboxylic acids is 1. The van der Waals surface area contributed by atoms with Gasteiger partial charge in [-0.25, -0.2) is 4.39 Å². The summed E-state index contributed by atoms with van der Waals surface area (Å²) in [6.45, 7) is 6.60. The summed E-state index contributed by atoms with van der Waals surface area (Å²) in [5, 5.41) is 0. The summed E-state index contributed by atoms with van der Waals surface area (Å²) in [6.07, 6.45) is 4.51. The Balaban J connectivity index is 0.000000952. The second-order valence-electron chi connectivity index (χ2n) is 4.83. The molecular formula is C19H28FN3O. The summed E-state index contributed by atoms with van der Waals surface area (Å²) >= 11 is 0. The summed E-state index contributed by atoms with van der Waals surface area (Å²) in [7, 11) is 0. The summed E-state index contributed by atoms with van der Waals surface area (Å²) in [5.41, 5.74) is 12.7. The van der Waals surface area contributed by atoms with Gasteiger partial charge in [0.05, 0.1) is 5.69 Å². The average molecular weight is 333 g/mol. The third kappa shape index (κ3) is 6.87. The summed E-state index contributed by atoms with van der Waals surface area (Å²) in [5.74, 6) is -0.152. The Labute approximate surface area is 144 Å².